The van der Waals surface area contributed by atoms with Gasteiger partial charge in [-0.05, 0) is 76.8 Å². The standard InChI is InChI=1S/C24H33N3O6S2/c1-18-8-10-20(11-9-18)26-35(31,32)22-7-5-6-21(16-22)34(29,30)25-17-19-12-14-27(15-13-19)23(28)33-24(2,3)4/h5-11,16,19,25-26H,12-15,17H2,1-4H3. The molecule has 192 valence electrons. The molecule has 2 N–H and O–H groups in total. The molecule has 9 nitrogen and oxygen atoms in total. The summed E-state index contributed by atoms with van der Waals surface area (Å²) in [4.78, 5) is 13.6. The van der Waals surface area contributed by atoms with Crippen LogP contribution in [0.2, 0.25) is 0 Å². The highest BCUT2D eigenvalue weighted by Gasteiger charge is 2.28. The predicted octanol–water partition coefficient (Wildman–Crippen LogP) is 3.72. The van der Waals surface area contributed by atoms with E-state index in [1.54, 1.807) is 29.2 Å². The van der Waals surface area contributed by atoms with Crippen LogP contribution < -0.4 is 9.44 Å². The highest BCUT2D eigenvalue weighted by molar-refractivity contribution is 7.93. The van der Waals surface area contributed by atoms with Crippen molar-refractivity contribution in [1.29, 1.82) is 0 Å². The molecule has 0 atom stereocenters. The van der Waals surface area contributed by atoms with Crippen molar-refractivity contribution in [2.45, 2.75) is 55.9 Å². The Morgan fingerprint density at radius 3 is 2.11 bits per heavy atom. The van der Waals surface area contributed by atoms with Crippen LogP contribution in [0.4, 0.5) is 10.5 Å². The van der Waals surface area contributed by atoms with Crippen molar-refractivity contribution in [3.05, 3.63) is 54.1 Å². The van der Waals surface area contributed by atoms with Gasteiger partial charge in [0.25, 0.3) is 10.0 Å². The van der Waals surface area contributed by atoms with E-state index in [9.17, 15) is 21.6 Å². The average Bonchev–Trinajstić information content (AvgIpc) is 2.78. The van der Waals surface area contributed by atoms with Crippen molar-refractivity contribution in [2.75, 3.05) is 24.4 Å². The lowest BCUT2D eigenvalue weighted by molar-refractivity contribution is 0.0185. The summed E-state index contributed by atoms with van der Waals surface area (Å²) < 4.78 is 61.7. The molecule has 1 aliphatic rings. The second kappa shape index (κ2) is 10.5. The first-order valence-corrected chi connectivity index (χ1v) is 14.4. The fourth-order valence-corrected chi connectivity index (χ4v) is 5.94. The second-order valence-electron chi connectivity index (χ2n) is 9.71. The topological polar surface area (TPSA) is 122 Å². The number of nitrogens with zero attached hydrogens (tertiary/aromatic N) is 1. The third-order valence-electron chi connectivity index (χ3n) is 5.56. The van der Waals surface area contributed by atoms with Gasteiger partial charge in [0, 0.05) is 25.3 Å². The van der Waals surface area contributed by atoms with Gasteiger partial charge in [-0.25, -0.2) is 26.4 Å². The summed E-state index contributed by atoms with van der Waals surface area (Å²) in [6.45, 7) is 8.49. The first-order valence-electron chi connectivity index (χ1n) is 11.4. The lowest BCUT2D eigenvalue weighted by Crippen LogP contribution is -2.43. The summed E-state index contributed by atoms with van der Waals surface area (Å²) in [5, 5.41) is 0. The van der Waals surface area contributed by atoms with E-state index in [1.807, 2.05) is 27.7 Å². The van der Waals surface area contributed by atoms with Crippen LogP contribution in [-0.4, -0.2) is 53.1 Å². The van der Waals surface area contributed by atoms with E-state index in [4.69, 9.17) is 4.74 Å². The van der Waals surface area contributed by atoms with Gasteiger partial charge in [-0.2, -0.15) is 0 Å². The molecule has 0 saturated carbocycles. The quantitative estimate of drug-likeness (QED) is 0.570. The van der Waals surface area contributed by atoms with Crippen molar-refractivity contribution in [2.24, 2.45) is 5.92 Å². The Bertz CT molecular complexity index is 1240. The molecule has 2 aromatic rings. The molecular weight excluding hydrogens is 490 g/mol. The van der Waals surface area contributed by atoms with Crippen LogP contribution in [-0.2, 0) is 24.8 Å². The van der Waals surface area contributed by atoms with Crippen LogP contribution in [0, 0.1) is 12.8 Å². The minimum absolute atomic E-state index is 0.0542. The molecule has 0 aliphatic carbocycles. The number of amides is 1. The molecule has 35 heavy (non-hydrogen) atoms. The molecule has 0 radical (unpaired) electrons. The molecular formula is C24H33N3O6S2. The number of hydrogen-bond donors (Lipinski definition) is 2. The van der Waals surface area contributed by atoms with Crippen molar-refractivity contribution in [3.63, 3.8) is 0 Å². The van der Waals surface area contributed by atoms with Gasteiger partial charge in [0.15, 0.2) is 0 Å². The SMILES string of the molecule is Cc1ccc(NS(=O)(=O)c2cccc(S(=O)(=O)NCC3CCN(C(=O)OC(C)(C)C)CC3)c2)cc1. The Balaban J connectivity index is 1.60. The lowest BCUT2D eigenvalue weighted by atomic mass is 9.97. The molecule has 0 unspecified atom stereocenters. The highest BCUT2D eigenvalue weighted by atomic mass is 32.2. The van der Waals surface area contributed by atoms with E-state index in [2.05, 4.69) is 9.44 Å². The van der Waals surface area contributed by atoms with Gasteiger partial charge in [-0.3, -0.25) is 4.72 Å². The van der Waals surface area contributed by atoms with Gasteiger partial charge in [0.2, 0.25) is 10.0 Å². The molecule has 0 aromatic heterocycles. The first-order chi connectivity index (χ1) is 16.2. The zero-order valence-electron chi connectivity index (χ0n) is 20.4. The number of carbonyl (C=O) groups is 1. The Morgan fingerprint density at radius 1 is 0.971 bits per heavy atom. The molecule has 1 saturated heterocycles. The second-order valence-corrected chi connectivity index (χ2v) is 13.2. The average molecular weight is 524 g/mol. The summed E-state index contributed by atoms with van der Waals surface area (Å²) in [6, 6.07) is 12.1. The van der Waals surface area contributed by atoms with E-state index in [-0.39, 0.29) is 28.3 Å². The lowest BCUT2D eigenvalue weighted by Gasteiger charge is -2.33. The summed E-state index contributed by atoms with van der Waals surface area (Å²) in [5.74, 6) is 0.0542. The van der Waals surface area contributed by atoms with Crippen molar-refractivity contribution >= 4 is 31.8 Å². The highest BCUT2D eigenvalue weighted by Crippen LogP contribution is 2.22. The van der Waals surface area contributed by atoms with Gasteiger partial charge in [0.05, 0.1) is 9.79 Å². The van der Waals surface area contributed by atoms with Gasteiger partial charge in [0.1, 0.15) is 5.60 Å². The van der Waals surface area contributed by atoms with Crippen LogP contribution in [0.1, 0.15) is 39.2 Å². The van der Waals surface area contributed by atoms with Crippen LogP contribution in [0.5, 0.6) is 0 Å². The molecule has 0 bridgehead atoms. The largest absolute Gasteiger partial charge is 0.444 e. The number of piperidine rings is 1. The Labute approximate surface area is 208 Å². The number of sulfonamides is 2. The van der Waals surface area contributed by atoms with Crippen molar-refractivity contribution < 1.29 is 26.4 Å². The van der Waals surface area contributed by atoms with E-state index in [1.165, 1.54) is 18.2 Å². The van der Waals surface area contributed by atoms with E-state index in [0.717, 1.165) is 11.6 Å². The summed E-state index contributed by atoms with van der Waals surface area (Å²) in [5.41, 5.74) is 0.809. The number of anilines is 1. The molecule has 2 aromatic carbocycles. The number of carbonyl (C=O) groups excluding carboxylic acids is 1. The molecule has 1 heterocycles. The minimum atomic E-state index is -3.96. The zero-order valence-corrected chi connectivity index (χ0v) is 22.1. The third kappa shape index (κ3) is 7.68. The van der Waals surface area contributed by atoms with Crippen molar-refractivity contribution in [3.8, 4) is 0 Å². The summed E-state index contributed by atoms with van der Waals surface area (Å²) in [7, 11) is -7.89. The Hall–Kier alpha value is -2.63. The Kier molecular flexibility index (Phi) is 8.13. The number of likely N-dealkylation sites (tertiary alicyclic amines) is 1. The van der Waals surface area contributed by atoms with Crippen molar-refractivity contribution in [1.82, 2.24) is 9.62 Å². The number of nitrogens with one attached hydrogen (secondary N) is 2. The van der Waals surface area contributed by atoms with Gasteiger partial charge < -0.3 is 9.64 Å². The van der Waals surface area contributed by atoms with E-state index in [0.29, 0.717) is 31.6 Å². The smallest absolute Gasteiger partial charge is 0.410 e. The molecule has 3 rings (SSSR count). The third-order valence-corrected chi connectivity index (χ3v) is 8.36. The fraction of sp³-hybridized carbons (Fsp3) is 0.458. The monoisotopic (exact) mass is 523 g/mol. The maximum atomic E-state index is 12.9. The van der Waals surface area contributed by atoms with Crippen LogP contribution >= 0.6 is 0 Å². The van der Waals surface area contributed by atoms with E-state index >= 15 is 0 Å². The molecule has 0 spiro atoms. The van der Waals surface area contributed by atoms with Gasteiger partial charge in [-0.15, -0.1) is 0 Å². The molecule has 1 aliphatic heterocycles. The molecule has 1 fully saturated rings. The van der Waals surface area contributed by atoms with Gasteiger partial charge in [-0.1, -0.05) is 23.8 Å². The number of rotatable bonds is 7. The molecule has 11 heteroatoms. The number of hydrogen-bond acceptors (Lipinski definition) is 6. The zero-order chi connectivity index (χ0) is 25.9. The maximum Gasteiger partial charge on any atom is 0.410 e. The van der Waals surface area contributed by atoms with Crippen LogP contribution in [0.15, 0.2) is 58.3 Å². The summed E-state index contributed by atoms with van der Waals surface area (Å²) >= 11 is 0. The van der Waals surface area contributed by atoms with Crippen LogP contribution in [0.3, 0.4) is 0 Å². The van der Waals surface area contributed by atoms with Gasteiger partial charge >= 0.3 is 6.09 Å². The van der Waals surface area contributed by atoms with E-state index < -0.39 is 25.6 Å². The Morgan fingerprint density at radius 2 is 1.54 bits per heavy atom. The number of benzene rings is 2. The predicted molar refractivity (Wildman–Crippen MR) is 134 cm³/mol. The number of ether oxygens (including phenoxy) is 1. The maximum absolute atomic E-state index is 12.9. The van der Waals surface area contributed by atoms with Crippen LogP contribution in [0.25, 0.3) is 0 Å². The fourth-order valence-electron chi connectivity index (χ4n) is 3.60. The summed E-state index contributed by atoms with van der Waals surface area (Å²) in [6.07, 6.45) is 0.904. The molecule has 1 amide bonds. The first kappa shape index (κ1) is 27.0. The number of aryl methyl sites for hydroxylation is 1. The minimum Gasteiger partial charge on any atom is -0.444 e. The normalized spacial score (nSPS) is 15.6.